The van der Waals surface area contributed by atoms with E-state index in [1.54, 1.807) is 25.1 Å². The number of hydrogen-bond acceptors (Lipinski definition) is 3. The zero-order chi connectivity index (χ0) is 17.6. The average molecular weight is 353 g/mol. The fraction of sp³-hybridized carbons (Fsp3) is 0.429. The molecule has 5 nitrogen and oxygen atoms in total. The number of ether oxygens (including phenoxy) is 1. The quantitative estimate of drug-likeness (QED) is 0.827. The molecule has 0 fully saturated rings. The Morgan fingerprint density at radius 2 is 2.00 bits per heavy atom. The molecule has 1 rings (SSSR count). The van der Waals surface area contributed by atoms with Crippen molar-refractivity contribution in [1.82, 2.24) is 5.32 Å². The number of rotatable bonds is 6. The highest BCUT2D eigenvalue weighted by molar-refractivity contribution is 6.31. The second-order valence-electron chi connectivity index (χ2n) is 4.75. The lowest BCUT2D eigenvalue weighted by Crippen LogP contribution is -2.40. The van der Waals surface area contributed by atoms with Gasteiger partial charge in [0.05, 0.1) is 6.54 Å². The number of hydrogen-bond donors (Lipinski definition) is 2. The highest BCUT2D eigenvalue weighted by Crippen LogP contribution is 2.22. The van der Waals surface area contributed by atoms with Gasteiger partial charge in [-0.2, -0.15) is 13.2 Å². The fourth-order valence-electron chi connectivity index (χ4n) is 1.54. The minimum Gasteiger partial charge on any atom is -0.359 e. The van der Waals surface area contributed by atoms with Crippen molar-refractivity contribution in [3.05, 3.63) is 28.8 Å². The molecule has 1 atom stereocenters. The molecule has 128 valence electrons. The lowest BCUT2D eigenvalue weighted by molar-refractivity contribution is -0.185. The van der Waals surface area contributed by atoms with Crippen molar-refractivity contribution >= 4 is 29.1 Å². The van der Waals surface area contributed by atoms with E-state index in [0.29, 0.717) is 16.3 Å². The number of alkyl halides is 3. The van der Waals surface area contributed by atoms with Gasteiger partial charge in [-0.1, -0.05) is 17.7 Å². The zero-order valence-electron chi connectivity index (χ0n) is 12.5. The van der Waals surface area contributed by atoms with Gasteiger partial charge < -0.3 is 15.4 Å². The number of benzene rings is 1. The van der Waals surface area contributed by atoms with Gasteiger partial charge in [0, 0.05) is 10.7 Å². The summed E-state index contributed by atoms with van der Waals surface area (Å²) in [6.07, 6.45) is -5.84. The van der Waals surface area contributed by atoms with Crippen LogP contribution in [0.2, 0.25) is 5.02 Å². The molecular weight excluding hydrogens is 337 g/mol. The van der Waals surface area contributed by atoms with Crippen molar-refractivity contribution in [2.75, 3.05) is 18.5 Å². The van der Waals surface area contributed by atoms with Crippen LogP contribution in [0.4, 0.5) is 18.9 Å². The maximum atomic E-state index is 12.0. The Morgan fingerprint density at radius 1 is 1.35 bits per heavy atom. The van der Waals surface area contributed by atoms with Gasteiger partial charge in [0.1, 0.15) is 12.7 Å². The van der Waals surface area contributed by atoms with Crippen molar-refractivity contribution in [2.24, 2.45) is 0 Å². The predicted molar refractivity (Wildman–Crippen MR) is 79.3 cm³/mol. The maximum absolute atomic E-state index is 12.0. The van der Waals surface area contributed by atoms with E-state index < -0.39 is 37.2 Å². The Hall–Kier alpha value is -1.80. The molecule has 1 aromatic rings. The fourth-order valence-corrected chi connectivity index (χ4v) is 1.72. The lowest BCUT2D eigenvalue weighted by Gasteiger charge is -2.15. The topological polar surface area (TPSA) is 67.4 Å². The largest absolute Gasteiger partial charge is 0.411 e. The maximum Gasteiger partial charge on any atom is 0.411 e. The molecule has 23 heavy (non-hydrogen) atoms. The summed E-state index contributed by atoms with van der Waals surface area (Å²) in [6, 6.07) is 4.95. The van der Waals surface area contributed by atoms with Gasteiger partial charge in [-0.25, -0.2) is 0 Å². The van der Waals surface area contributed by atoms with E-state index in [-0.39, 0.29) is 0 Å². The van der Waals surface area contributed by atoms with Gasteiger partial charge in [0.25, 0.3) is 0 Å². The highest BCUT2D eigenvalue weighted by Gasteiger charge is 2.29. The minimum absolute atomic E-state index is 0.398. The standard InChI is InChI=1S/C14H16ClF3N2O3/c1-8-10(15)4-3-5-11(8)20-12(21)6-19-13(22)9(2)23-7-14(16,17)18/h3-5,9H,6-7H2,1-2H3,(H,19,22)(H,20,21). The number of carbonyl (C=O) groups is 2. The molecule has 0 spiro atoms. The Morgan fingerprint density at radius 3 is 2.61 bits per heavy atom. The minimum atomic E-state index is -4.52. The first-order chi connectivity index (χ1) is 10.6. The monoisotopic (exact) mass is 352 g/mol. The molecular formula is C14H16ClF3N2O3. The molecule has 0 aliphatic heterocycles. The van der Waals surface area contributed by atoms with Crippen LogP contribution in [0.3, 0.4) is 0 Å². The number of nitrogens with one attached hydrogen (secondary N) is 2. The van der Waals surface area contributed by atoms with Crippen molar-refractivity contribution in [2.45, 2.75) is 26.1 Å². The molecule has 9 heteroatoms. The van der Waals surface area contributed by atoms with Crippen molar-refractivity contribution in [3.8, 4) is 0 Å². The molecule has 0 radical (unpaired) electrons. The Balaban J connectivity index is 2.43. The zero-order valence-corrected chi connectivity index (χ0v) is 13.2. The number of carbonyl (C=O) groups excluding carboxylic acids is 2. The van der Waals surface area contributed by atoms with E-state index in [0.717, 1.165) is 0 Å². The molecule has 0 saturated carbocycles. The lowest BCUT2D eigenvalue weighted by atomic mass is 10.2. The van der Waals surface area contributed by atoms with Crippen LogP contribution in [0.5, 0.6) is 0 Å². The van der Waals surface area contributed by atoms with E-state index >= 15 is 0 Å². The van der Waals surface area contributed by atoms with Crippen LogP contribution in [-0.2, 0) is 14.3 Å². The van der Waals surface area contributed by atoms with E-state index in [2.05, 4.69) is 15.4 Å². The van der Waals surface area contributed by atoms with E-state index in [1.165, 1.54) is 6.92 Å². The first-order valence-electron chi connectivity index (χ1n) is 6.61. The highest BCUT2D eigenvalue weighted by atomic mass is 35.5. The summed E-state index contributed by atoms with van der Waals surface area (Å²) in [6.45, 7) is 0.948. The smallest absolute Gasteiger partial charge is 0.359 e. The Bertz CT molecular complexity index is 579. The molecule has 0 heterocycles. The van der Waals surface area contributed by atoms with E-state index in [4.69, 9.17) is 11.6 Å². The first-order valence-corrected chi connectivity index (χ1v) is 6.99. The van der Waals surface area contributed by atoms with Crippen LogP contribution < -0.4 is 10.6 Å². The normalized spacial score (nSPS) is 12.6. The summed E-state index contributed by atoms with van der Waals surface area (Å²) in [5.74, 6) is -1.35. The summed E-state index contributed by atoms with van der Waals surface area (Å²) in [4.78, 5) is 23.3. The van der Waals surface area contributed by atoms with Gasteiger partial charge in [0.2, 0.25) is 11.8 Å². The van der Waals surface area contributed by atoms with Gasteiger partial charge in [-0.15, -0.1) is 0 Å². The molecule has 0 aliphatic carbocycles. The van der Waals surface area contributed by atoms with Crippen LogP contribution >= 0.6 is 11.6 Å². The molecule has 0 aliphatic rings. The van der Waals surface area contributed by atoms with Gasteiger partial charge in [0.15, 0.2) is 0 Å². The van der Waals surface area contributed by atoms with E-state index in [9.17, 15) is 22.8 Å². The van der Waals surface area contributed by atoms with Crippen molar-refractivity contribution in [1.29, 1.82) is 0 Å². The number of halogens is 4. The summed E-state index contributed by atoms with van der Waals surface area (Å²) in [7, 11) is 0. The van der Waals surface area contributed by atoms with Crippen LogP contribution in [0.1, 0.15) is 12.5 Å². The van der Waals surface area contributed by atoms with Crippen LogP contribution in [0.15, 0.2) is 18.2 Å². The number of amides is 2. The Kier molecular flexibility index (Phi) is 6.83. The third-order valence-corrected chi connectivity index (χ3v) is 3.24. The molecule has 2 amide bonds. The molecule has 1 aromatic carbocycles. The van der Waals surface area contributed by atoms with Crippen LogP contribution in [0.25, 0.3) is 0 Å². The first kappa shape index (κ1) is 19.2. The summed E-state index contributed by atoms with van der Waals surface area (Å²) < 4.78 is 40.3. The molecule has 0 bridgehead atoms. The third kappa shape index (κ3) is 6.87. The molecule has 1 unspecified atom stereocenters. The second-order valence-corrected chi connectivity index (χ2v) is 5.15. The van der Waals surface area contributed by atoms with Gasteiger partial charge >= 0.3 is 6.18 Å². The summed E-state index contributed by atoms with van der Waals surface area (Å²) >= 11 is 5.91. The number of anilines is 1. The Labute approximate surface area is 136 Å². The average Bonchev–Trinajstić information content (AvgIpc) is 2.46. The summed E-state index contributed by atoms with van der Waals surface area (Å²) in [5, 5.41) is 5.21. The van der Waals surface area contributed by atoms with E-state index in [1.807, 2.05) is 0 Å². The van der Waals surface area contributed by atoms with Crippen molar-refractivity contribution in [3.63, 3.8) is 0 Å². The van der Waals surface area contributed by atoms with Gasteiger partial charge in [-0.3, -0.25) is 9.59 Å². The molecule has 0 aromatic heterocycles. The predicted octanol–water partition coefficient (Wildman–Crippen LogP) is 2.67. The summed E-state index contributed by atoms with van der Waals surface area (Å²) in [5.41, 5.74) is 1.15. The van der Waals surface area contributed by atoms with Gasteiger partial charge in [-0.05, 0) is 31.5 Å². The SMILES string of the molecule is Cc1c(Cl)cccc1NC(=O)CNC(=O)C(C)OCC(F)(F)F. The van der Waals surface area contributed by atoms with Crippen molar-refractivity contribution < 1.29 is 27.5 Å². The third-order valence-electron chi connectivity index (χ3n) is 2.83. The second kappa shape index (κ2) is 8.16. The van der Waals surface area contributed by atoms with Crippen LogP contribution in [-0.4, -0.2) is 37.2 Å². The van der Waals surface area contributed by atoms with Crippen LogP contribution in [0, 0.1) is 6.92 Å². The molecule has 2 N–H and O–H groups in total. The molecule has 0 saturated heterocycles.